The highest BCUT2D eigenvalue weighted by molar-refractivity contribution is 7.78. The van der Waals surface area contributed by atoms with E-state index in [4.69, 9.17) is 17.0 Å². The lowest BCUT2D eigenvalue weighted by molar-refractivity contribution is -0.144. The van der Waals surface area contributed by atoms with E-state index >= 15 is 0 Å². The van der Waals surface area contributed by atoms with Crippen LogP contribution in [0, 0.1) is 23.2 Å². The molecule has 1 fully saturated rings. The second-order valence-electron chi connectivity index (χ2n) is 6.74. The third kappa shape index (κ3) is 5.22. The first-order chi connectivity index (χ1) is 12.1. The van der Waals surface area contributed by atoms with Crippen LogP contribution in [0.15, 0.2) is 23.2 Å². The zero-order valence-electron chi connectivity index (χ0n) is 14.8. The minimum atomic E-state index is -0.846. The van der Waals surface area contributed by atoms with Crippen molar-refractivity contribution < 1.29 is 9.53 Å². The molecule has 0 radical (unpaired) electrons. The number of isothiocyanates is 1. The van der Waals surface area contributed by atoms with Gasteiger partial charge in [0.15, 0.2) is 6.04 Å². The van der Waals surface area contributed by atoms with Gasteiger partial charge in [0.05, 0.1) is 23.4 Å². The van der Waals surface area contributed by atoms with Crippen molar-refractivity contribution in [3.05, 3.63) is 34.9 Å². The number of aliphatic imine (C=N–C) groups is 1. The fraction of sp³-hybridized carbons (Fsp3) is 0.550. The Balaban J connectivity index is 2.37. The summed E-state index contributed by atoms with van der Waals surface area (Å²) in [6.45, 7) is 4.32. The molecule has 5 heteroatoms. The molecule has 0 aromatic heterocycles. The molecule has 0 bridgehead atoms. The SMILES string of the molecule is CCOC(=O)C(N=C=S)c1cc(C#N)ccc1CC1CCCC(C)C1. The van der Waals surface area contributed by atoms with Gasteiger partial charge >= 0.3 is 5.97 Å². The summed E-state index contributed by atoms with van der Waals surface area (Å²) in [5.74, 6) is 0.878. The molecular weight excluding hydrogens is 332 g/mol. The second-order valence-corrected chi connectivity index (χ2v) is 6.92. The van der Waals surface area contributed by atoms with Crippen molar-refractivity contribution in [1.82, 2.24) is 0 Å². The highest BCUT2D eigenvalue weighted by atomic mass is 32.1. The van der Waals surface area contributed by atoms with Crippen LogP contribution in [-0.2, 0) is 16.0 Å². The number of hydrogen-bond acceptors (Lipinski definition) is 5. The van der Waals surface area contributed by atoms with E-state index in [1.807, 2.05) is 6.07 Å². The minimum Gasteiger partial charge on any atom is -0.464 e. The Morgan fingerprint density at radius 1 is 1.48 bits per heavy atom. The molecule has 25 heavy (non-hydrogen) atoms. The predicted octanol–water partition coefficient (Wildman–Crippen LogP) is 4.63. The van der Waals surface area contributed by atoms with Gasteiger partial charge in [0.1, 0.15) is 0 Å². The molecule has 1 aliphatic carbocycles. The molecule has 0 heterocycles. The van der Waals surface area contributed by atoms with E-state index in [9.17, 15) is 10.1 Å². The zero-order chi connectivity index (χ0) is 18.2. The van der Waals surface area contributed by atoms with Crippen molar-refractivity contribution in [1.29, 1.82) is 5.26 Å². The maximum absolute atomic E-state index is 12.3. The lowest BCUT2D eigenvalue weighted by Gasteiger charge is -2.27. The standard InChI is InChI=1S/C20H24N2O2S/c1-3-24-20(23)19(22-13-25)18-11-16(12-21)7-8-17(18)10-15-6-4-5-14(2)9-15/h7-8,11,14-15,19H,3-6,9-10H2,1-2H3. The Morgan fingerprint density at radius 2 is 2.28 bits per heavy atom. The van der Waals surface area contributed by atoms with Crippen LogP contribution in [0.1, 0.15) is 62.3 Å². The molecule has 132 valence electrons. The van der Waals surface area contributed by atoms with Crippen LogP contribution in [0.4, 0.5) is 0 Å². The van der Waals surface area contributed by atoms with Crippen molar-refractivity contribution in [2.75, 3.05) is 6.61 Å². The number of nitrogens with zero attached hydrogens (tertiary/aromatic N) is 2. The number of thiocarbonyl (C=S) groups is 1. The zero-order valence-corrected chi connectivity index (χ0v) is 15.6. The first-order valence-corrected chi connectivity index (χ1v) is 9.26. The Kier molecular flexibility index (Phi) is 7.31. The maximum Gasteiger partial charge on any atom is 0.336 e. The second kappa shape index (κ2) is 9.46. The minimum absolute atomic E-state index is 0.274. The van der Waals surface area contributed by atoms with E-state index < -0.39 is 12.0 Å². The molecular formula is C20H24N2O2S. The molecule has 1 aromatic carbocycles. The van der Waals surface area contributed by atoms with Crippen molar-refractivity contribution in [3.8, 4) is 6.07 Å². The van der Waals surface area contributed by atoms with E-state index in [0.29, 0.717) is 17.0 Å². The van der Waals surface area contributed by atoms with E-state index in [0.717, 1.165) is 17.9 Å². The number of benzene rings is 1. The van der Waals surface area contributed by atoms with Gasteiger partial charge in [0.25, 0.3) is 0 Å². The maximum atomic E-state index is 12.3. The van der Waals surface area contributed by atoms with Crippen molar-refractivity contribution >= 4 is 23.3 Å². The van der Waals surface area contributed by atoms with E-state index in [1.165, 1.54) is 25.7 Å². The first kappa shape index (κ1) is 19.3. The van der Waals surface area contributed by atoms with Crippen LogP contribution < -0.4 is 0 Å². The van der Waals surface area contributed by atoms with Crippen LogP contribution in [-0.4, -0.2) is 17.7 Å². The average molecular weight is 356 g/mol. The molecule has 3 atom stereocenters. The molecule has 0 N–H and O–H groups in total. The molecule has 0 amide bonds. The molecule has 1 saturated carbocycles. The summed E-state index contributed by atoms with van der Waals surface area (Å²) in [6, 6.07) is 6.77. The van der Waals surface area contributed by atoms with Crippen LogP contribution in [0.3, 0.4) is 0 Å². The van der Waals surface area contributed by atoms with Crippen LogP contribution >= 0.6 is 12.2 Å². The van der Waals surface area contributed by atoms with Gasteiger partial charge in [-0.15, -0.1) is 0 Å². The molecule has 4 nitrogen and oxygen atoms in total. The van der Waals surface area contributed by atoms with Crippen LogP contribution in [0.5, 0.6) is 0 Å². The molecule has 1 aromatic rings. The largest absolute Gasteiger partial charge is 0.464 e. The number of carbonyl (C=O) groups excluding carboxylic acids is 1. The fourth-order valence-corrected chi connectivity index (χ4v) is 3.79. The average Bonchev–Trinajstić information content (AvgIpc) is 2.60. The summed E-state index contributed by atoms with van der Waals surface area (Å²) in [5, 5.41) is 11.5. The number of hydrogen-bond donors (Lipinski definition) is 0. The van der Waals surface area contributed by atoms with Gasteiger partial charge in [-0.05, 0) is 67.1 Å². The molecule has 1 aliphatic rings. The predicted molar refractivity (Wildman–Crippen MR) is 100 cm³/mol. The van der Waals surface area contributed by atoms with Crippen molar-refractivity contribution in [3.63, 3.8) is 0 Å². The van der Waals surface area contributed by atoms with Crippen LogP contribution in [0.2, 0.25) is 0 Å². The lowest BCUT2D eigenvalue weighted by Crippen LogP contribution is -2.19. The number of carbonyl (C=O) groups is 1. The lowest BCUT2D eigenvalue weighted by atomic mass is 9.78. The molecule has 3 unspecified atom stereocenters. The summed E-state index contributed by atoms with van der Waals surface area (Å²) in [7, 11) is 0. The number of rotatable bonds is 6. The third-order valence-electron chi connectivity index (χ3n) is 4.81. The van der Waals surface area contributed by atoms with E-state index in [-0.39, 0.29) is 6.61 Å². The molecule has 0 aliphatic heterocycles. The monoisotopic (exact) mass is 356 g/mol. The van der Waals surface area contributed by atoms with E-state index in [2.05, 4.69) is 23.1 Å². The Morgan fingerprint density at radius 3 is 2.92 bits per heavy atom. The summed E-state index contributed by atoms with van der Waals surface area (Å²) in [6.07, 6.45) is 5.81. The summed E-state index contributed by atoms with van der Waals surface area (Å²) in [4.78, 5) is 16.4. The van der Waals surface area contributed by atoms with Gasteiger partial charge in [-0.3, -0.25) is 0 Å². The highest BCUT2D eigenvalue weighted by Gasteiger charge is 2.26. The topological polar surface area (TPSA) is 62.4 Å². The van der Waals surface area contributed by atoms with Crippen molar-refractivity contribution in [2.24, 2.45) is 16.8 Å². The van der Waals surface area contributed by atoms with Gasteiger partial charge in [0.2, 0.25) is 0 Å². The number of nitriles is 1. The quantitative estimate of drug-likeness (QED) is 0.423. The third-order valence-corrected chi connectivity index (χ3v) is 4.92. The summed E-state index contributed by atoms with van der Waals surface area (Å²) in [5.41, 5.74) is 2.27. The number of ether oxygens (including phenoxy) is 1. The highest BCUT2D eigenvalue weighted by Crippen LogP contribution is 2.33. The fourth-order valence-electron chi connectivity index (χ4n) is 3.68. The first-order valence-electron chi connectivity index (χ1n) is 8.85. The van der Waals surface area contributed by atoms with Gasteiger partial charge < -0.3 is 4.74 Å². The van der Waals surface area contributed by atoms with E-state index in [1.54, 1.807) is 19.1 Å². The normalized spacial score (nSPS) is 20.8. The Labute approximate surface area is 154 Å². The summed E-state index contributed by atoms with van der Waals surface area (Å²) < 4.78 is 5.14. The van der Waals surface area contributed by atoms with Gasteiger partial charge in [-0.1, -0.05) is 32.3 Å². The Bertz CT molecular complexity index is 704. The van der Waals surface area contributed by atoms with Gasteiger partial charge in [0, 0.05) is 0 Å². The smallest absolute Gasteiger partial charge is 0.336 e. The van der Waals surface area contributed by atoms with Gasteiger partial charge in [-0.25, -0.2) is 9.79 Å². The molecule has 0 saturated heterocycles. The molecule has 0 spiro atoms. The van der Waals surface area contributed by atoms with Gasteiger partial charge in [-0.2, -0.15) is 5.26 Å². The van der Waals surface area contributed by atoms with Crippen LogP contribution in [0.25, 0.3) is 0 Å². The number of esters is 1. The Hall–Kier alpha value is -2.02. The molecule has 2 rings (SSSR count). The van der Waals surface area contributed by atoms with Crippen molar-refractivity contribution in [2.45, 2.75) is 52.0 Å². The summed E-state index contributed by atoms with van der Waals surface area (Å²) >= 11 is 4.72.